The summed E-state index contributed by atoms with van der Waals surface area (Å²) < 4.78 is 6.57. The van der Waals surface area contributed by atoms with Crippen molar-refractivity contribution in [2.24, 2.45) is 17.8 Å². The van der Waals surface area contributed by atoms with E-state index in [-0.39, 0.29) is 5.92 Å². The molecule has 1 N–H and O–H groups in total. The van der Waals surface area contributed by atoms with Gasteiger partial charge in [0.25, 0.3) is 0 Å². The highest BCUT2D eigenvalue weighted by Crippen LogP contribution is 2.40. The van der Waals surface area contributed by atoms with Crippen LogP contribution in [0.4, 0.5) is 5.82 Å². The lowest BCUT2D eigenvalue weighted by Gasteiger charge is -2.34. The van der Waals surface area contributed by atoms with Crippen LogP contribution in [0.2, 0.25) is 0 Å². The van der Waals surface area contributed by atoms with Crippen LogP contribution in [0.25, 0.3) is 10.3 Å². The summed E-state index contributed by atoms with van der Waals surface area (Å²) in [6.07, 6.45) is 5.89. The van der Waals surface area contributed by atoms with E-state index in [9.17, 15) is 4.79 Å². The molecule has 0 radical (unpaired) electrons. The summed E-state index contributed by atoms with van der Waals surface area (Å²) in [4.78, 5) is 17.4. The molecule has 7 heteroatoms. The third kappa shape index (κ3) is 3.79. The van der Waals surface area contributed by atoms with Gasteiger partial charge in [0, 0.05) is 44.7 Å². The molecule has 3 fully saturated rings. The first-order chi connectivity index (χ1) is 13.7. The lowest BCUT2D eigenvalue weighted by atomic mass is 9.87. The minimum Gasteiger partial charge on any atom is -0.353 e. The Morgan fingerprint density at radius 1 is 1.25 bits per heavy atom. The molecule has 2 aromatic rings. The van der Waals surface area contributed by atoms with E-state index in [4.69, 9.17) is 4.52 Å². The molecular formula is C21H30N4O2S. The zero-order valence-corrected chi connectivity index (χ0v) is 17.4. The van der Waals surface area contributed by atoms with Gasteiger partial charge < -0.3 is 14.7 Å². The van der Waals surface area contributed by atoms with Crippen LogP contribution < -0.4 is 10.2 Å². The Kier molecular flexibility index (Phi) is 5.05. The van der Waals surface area contributed by atoms with Crippen molar-refractivity contribution in [1.82, 2.24) is 15.4 Å². The number of piperazine rings is 1. The highest BCUT2D eigenvalue weighted by molar-refractivity contribution is 7.17. The van der Waals surface area contributed by atoms with Gasteiger partial charge in [-0.3, -0.25) is 9.69 Å². The van der Waals surface area contributed by atoms with Crippen molar-refractivity contribution in [3.05, 3.63) is 11.4 Å². The number of carbonyl (C=O) groups is 1. The van der Waals surface area contributed by atoms with Crippen LogP contribution in [0, 0.1) is 17.8 Å². The number of hydrogen-bond acceptors (Lipinski definition) is 6. The van der Waals surface area contributed by atoms with Gasteiger partial charge in [0.15, 0.2) is 11.4 Å². The number of nitrogens with zero attached hydrogens (tertiary/aromatic N) is 3. The Labute approximate surface area is 170 Å². The Balaban J connectivity index is 1.06. The van der Waals surface area contributed by atoms with E-state index in [1.165, 1.54) is 12.8 Å². The Bertz CT molecular complexity index is 817. The van der Waals surface area contributed by atoms with Crippen molar-refractivity contribution >= 4 is 33.3 Å². The maximum absolute atomic E-state index is 12.6. The molecule has 2 saturated carbocycles. The molecule has 0 spiro atoms. The standard InChI is InChI=1S/C21H30N4O2S/c1-14-2-4-16(5-3-14)22-21(26)17-12-15(17)13-24-7-9-25(10-8-24)20-19-18(27-23-20)6-11-28-19/h6,11,14-17H,2-5,7-10,12-13H2,1H3,(H,22,26)/t14?,15-,16?,17+/m1/s1. The first-order valence-electron chi connectivity index (χ1n) is 10.8. The molecule has 2 atom stereocenters. The van der Waals surface area contributed by atoms with Crippen molar-refractivity contribution in [3.8, 4) is 0 Å². The molecular weight excluding hydrogens is 372 g/mol. The van der Waals surface area contributed by atoms with Crippen molar-refractivity contribution in [2.75, 3.05) is 37.6 Å². The first kappa shape index (κ1) is 18.4. The summed E-state index contributed by atoms with van der Waals surface area (Å²) in [6, 6.07) is 2.41. The van der Waals surface area contributed by atoms with Crippen molar-refractivity contribution < 1.29 is 9.32 Å². The molecule has 5 rings (SSSR count). The summed E-state index contributed by atoms with van der Waals surface area (Å²) in [5.74, 6) is 2.93. The number of hydrogen-bond donors (Lipinski definition) is 1. The maximum atomic E-state index is 12.6. The van der Waals surface area contributed by atoms with Gasteiger partial charge in [0.2, 0.25) is 5.91 Å². The van der Waals surface area contributed by atoms with Gasteiger partial charge in [0.05, 0.1) is 0 Å². The fourth-order valence-corrected chi connectivity index (χ4v) is 5.65. The van der Waals surface area contributed by atoms with Crippen molar-refractivity contribution in [2.45, 2.75) is 45.1 Å². The second-order valence-corrected chi connectivity index (χ2v) is 9.89. The van der Waals surface area contributed by atoms with Crippen molar-refractivity contribution in [3.63, 3.8) is 0 Å². The number of nitrogens with one attached hydrogen (secondary N) is 1. The SMILES string of the molecule is CC1CCC(NC(=O)[C@H]2C[C@@H]2CN2CCN(c3noc4ccsc34)CC2)CC1. The zero-order valence-electron chi connectivity index (χ0n) is 16.6. The molecule has 1 amide bonds. The number of anilines is 1. The number of amides is 1. The van der Waals surface area contributed by atoms with Crippen LogP contribution in [0.5, 0.6) is 0 Å². The molecule has 3 aliphatic rings. The summed E-state index contributed by atoms with van der Waals surface area (Å²) >= 11 is 1.70. The van der Waals surface area contributed by atoms with Gasteiger partial charge in [0.1, 0.15) is 4.70 Å². The van der Waals surface area contributed by atoms with Crippen LogP contribution in [0.1, 0.15) is 39.0 Å². The fraction of sp³-hybridized carbons (Fsp3) is 0.714. The Morgan fingerprint density at radius 2 is 2.04 bits per heavy atom. The van der Waals surface area contributed by atoms with Crippen LogP contribution in [-0.4, -0.2) is 54.7 Å². The lowest BCUT2D eigenvalue weighted by molar-refractivity contribution is -0.123. The normalized spacial score (nSPS) is 31.2. The molecule has 0 bridgehead atoms. The molecule has 1 aliphatic heterocycles. The minimum absolute atomic E-state index is 0.249. The van der Waals surface area contributed by atoms with Crippen LogP contribution >= 0.6 is 11.3 Å². The van der Waals surface area contributed by atoms with E-state index in [1.54, 1.807) is 11.3 Å². The predicted molar refractivity (Wildman–Crippen MR) is 112 cm³/mol. The van der Waals surface area contributed by atoms with E-state index < -0.39 is 0 Å². The summed E-state index contributed by atoms with van der Waals surface area (Å²) in [7, 11) is 0. The van der Waals surface area contributed by atoms with Crippen molar-refractivity contribution in [1.29, 1.82) is 0 Å². The van der Waals surface area contributed by atoms with Crippen LogP contribution in [0.15, 0.2) is 16.0 Å². The van der Waals surface area contributed by atoms with Crippen LogP contribution in [0.3, 0.4) is 0 Å². The third-order valence-corrected chi connectivity index (χ3v) is 7.74. The van der Waals surface area contributed by atoms with Gasteiger partial charge in [-0.2, -0.15) is 0 Å². The maximum Gasteiger partial charge on any atom is 0.223 e. The summed E-state index contributed by atoms with van der Waals surface area (Å²) in [5.41, 5.74) is 0.890. The second kappa shape index (κ2) is 7.67. The van der Waals surface area contributed by atoms with Gasteiger partial charge in [-0.15, -0.1) is 11.3 Å². The largest absolute Gasteiger partial charge is 0.353 e. The molecule has 28 heavy (non-hydrogen) atoms. The predicted octanol–water partition coefficient (Wildman–Crippen LogP) is 3.34. The Hall–Kier alpha value is -1.60. The number of aromatic nitrogens is 1. The quantitative estimate of drug-likeness (QED) is 0.831. The van der Waals surface area contributed by atoms with Crippen LogP contribution in [-0.2, 0) is 4.79 Å². The highest BCUT2D eigenvalue weighted by atomic mass is 32.1. The Morgan fingerprint density at radius 3 is 2.82 bits per heavy atom. The van der Waals surface area contributed by atoms with Gasteiger partial charge in [-0.1, -0.05) is 12.1 Å². The number of carbonyl (C=O) groups excluding carboxylic acids is 1. The highest BCUT2D eigenvalue weighted by Gasteiger charge is 2.44. The smallest absolute Gasteiger partial charge is 0.223 e. The fourth-order valence-electron chi connectivity index (χ4n) is 4.82. The number of fused-ring (bicyclic) bond motifs is 1. The third-order valence-electron chi connectivity index (χ3n) is 6.85. The van der Waals surface area contributed by atoms with E-state index >= 15 is 0 Å². The van der Waals surface area contributed by atoms with E-state index in [1.807, 2.05) is 6.07 Å². The topological polar surface area (TPSA) is 61.6 Å². The van der Waals surface area contributed by atoms with Gasteiger partial charge >= 0.3 is 0 Å². The molecule has 152 valence electrons. The second-order valence-electron chi connectivity index (χ2n) is 8.98. The molecule has 0 aromatic carbocycles. The van der Waals surface area contributed by atoms with E-state index in [2.05, 4.69) is 32.6 Å². The molecule has 2 aliphatic carbocycles. The molecule has 1 saturated heterocycles. The van der Waals surface area contributed by atoms with Gasteiger partial charge in [-0.05, 0) is 55.4 Å². The molecule has 3 heterocycles. The molecule has 2 aromatic heterocycles. The molecule has 0 unspecified atom stereocenters. The first-order valence-corrected chi connectivity index (χ1v) is 11.7. The average Bonchev–Trinajstić information content (AvgIpc) is 3.12. The lowest BCUT2D eigenvalue weighted by Crippen LogP contribution is -2.47. The molecule has 6 nitrogen and oxygen atoms in total. The summed E-state index contributed by atoms with van der Waals surface area (Å²) in [6.45, 7) is 7.39. The monoisotopic (exact) mass is 402 g/mol. The minimum atomic E-state index is 0.249. The van der Waals surface area contributed by atoms with E-state index in [0.29, 0.717) is 17.9 Å². The average molecular weight is 403 g/mol. The van der Waals surface area contributed by atoms with Gasteiger partial charge in [-0.25, -0.2) is 0 Å². The summed E-state index contributed by atoms with van der Waals surface area (Å²) in [5, 5.41) is 9.65. The van der Waals surface area contributed by atoms with E-state index in [0.717, 1.165) is 74.0 Å². The zero-order chi connectivity index (χ0) is 19.1. The number of rotatable bonds is 5. The number of thiophene rings is 1.